The zero-order valence-corrected chi connectivity index (χ0v) is 14.0. The number of hydrogen-bond acceptors (Lipinski definition) is 3. The summed E-state index contributed by atoms with van der Waals surface area (Å²) in [4.78, 5) is 2.43. The highest BCUT2D eigenvalue weighted by atomic mass is 35.5. The van der Waals surface area contributed by atoms with Gasteiger partial charge >= 0.3 is 0 Å². The molecule has 0 aliphatic carbocycles. The molecule has 2 saturated heterocycles. The van der Waals surface area contributed by atoms with Gasteiger partial charge in [0.25, 0.3) is 0 Å². The molecule has 1 aromatic rings. The van der Waals surface area contributed by atoms with Gasteiger partial charge in [-0.05, 0) is 36.6 Å². The Hall–Kier alpha value is -0.580. The summed E-state index contributed by atoms with van der Waals surface area (Å²) in [5.74, 6) is 0. The molecule has 0 aromatic heterocycles. The Morgan fingerprint density at radius 3 is 2.55 bits per heavy atom. The first-order valence-electron chi connectivity index (χ1n) is 7.66. The fourth-order valence-corrected chi connectivity index (χ4v) is 3.44. The molecule has 2 heterocycles. The maximum absolute atomic E-state index is 9.53. The fraction of sp³-hybridized carbons (Fsp3) is 0.529. The number of likely N-dealkylation sites (tertiary alicyclic amines) is 1. The molecule has 0 amide bonds. The Labute approximate surface area is 141 Å². The summed E-state index contributed by atoms with van der Waals surface area (Å²) >= 11 is 12.3. The van der Waals surface area contributed by atoms with E-state index in [9.17, 15) is 5.11 Å². The average molecular weight is 342 g/mol. The number of aliphatic hydroxyl groups is 1. The second kappa shape index (κ2) is 6.90. The molecule has 3 rings (SSSR count). The maximum atomic E-state index is 9.53. The van der Waals surface area contributed by atoms with E-state index in [4.69, 9.17) is 27.9 Å². The van der Waals surface area contributed by atoms with Crippen molar-refractivity contribution in [2.75, 3.05) is 39.5 Å². The van der Waals surface area contributed by atoms with Crippen LogP contribution in [-0.2, 0) is 4.74 Å². The highest BCUT2D eigenvalue weighted by Gasteiger charge is 2.39. The van der Waals surface area contributed by atoms with Crippen molar-refractivity contribution in [1.82, 2.24) is 4.90 Å². The lowest BCUT2D eigenvalue weighted by atomic mass is 9.85. The van der Waals surface area contributed by atoms with Crippen molar-refractivity contribution < 1.29 is 9.84 Å². The van der Waals surface area contributed by atoms with Crippen molar-refractivity contribution in [3.63, 3.8) is 0 Å². The molecule has 22 heavy (non-hydrogen) atoms. The molecule has 0 unspecified atom stereocenters. The van der Waals surface area contributed by atoms with E-state index >= 15 is 0 Å². The first-order valence-corrected chi connectivity index (χ1v) is 8.41. The summed E-state index contributed by atoms with van der Waals surface area (Å²) < 4.78 is 5.27. The lowest BCUT2D eigenvalue weighted by Gasteiger charge is -2.44. The first-order chi connectivity index (χ1) is 10.6. The Bertz CT molecular complexity index is 554. The topological polar surface area (TPSA) is 32.7 Å². The number of piperidine rings is 1. The number of halogens is 2. The second-order valence-electron chi connectivity index (χ2n) is 6.40. The van der Waals surface area contributed by atoms with Gasteiger partial charge in [0.15, 0.2) is 0 Å². The molecule has 3 nitrogen and oxygen atoms in total. The molecule has 1 aromatic carbocycles. The zero-order valence-electron chi connectivity index (χ0n) is 12.5. The van der Waals surface area contributed by atoms with Crippen molar-refractivity contribution >= 4 is 29.3 Å². The van der Waals surface area contributed by atoms with E-state index in [-0.39, 0.29) is 12.0 Å². The minimum Gasteiger partial charge on any atom is -0.396 e. The summed E-state index contributed by atoms with van der Waals surface area (Å²) in [5, 5.41) is 11.0. The second-order valence-corrected chi connectivity index (χ2v) is 7.24. The molecule has 0 radical (unpaired) electrons. The molecule has 2 aliphatic rings. The smallest absolute Gasteiger partial charge is 0.0579 e. The lowest BCUT2D eigenvalue weighted by molar-refractivity contribution is -0.148. The van der Waals surface area contributed by atoms with E-state index in [0.717, 1.165) is 43.1 Å². The maximum Gasteiger partial charge on any atom is 0.0579 e. The molecule has 0 spiro atoms. The van der Waals surface area contributed by atoms with Crippen LogP contribution < -0.4 is 0 Å². The third kappa shape index (κ3) is 3.66. The number of ether oxygens (including phenoxy) is 1. The summed E-state index contributed by atoms with van der Waals surface area (Å²) in [7, 11) is 0. The summed E-state index contributed by atoms with van der Waals surface area (Å²) in [5.41, 5.74) is 2.37. The molecule has 1 N–H and O–H groups in total. The number of hydrogen-bond donors (Lipinski definition) is 1. The summed E-state index contributed by atoms with van der Waals surface area (Å²) in [6, 6.07) is 5.56. The van der Waals surface area contributed by atoms with E-state index < -0.39 is 0 Å². The molecule has 120 valence electrons. The van der Waals surface area contributed by atoms with E-state index in [1.165, 1.54) is 5.57 Å². The van der Waals surface area contributed by atoms with Gasteiger partial charge in [0.05, 0.1) is 25.2 Å². The molecule has 2 fully saturated rings. The van der Waals surface area contributed by atoms with E-state index in [0.29, 0.717) is 18.2 Å². The highest BCUT2D eigenvalue weighted by Crippen LogP contribution is 2.31. The molecular weight excluding hydrogens is 321 g/mol. The van der Waals surface area contributed by atoms with Crippen LogP contribution in [0, 0.1) is 5.41 Å². The van der Waals surface area contributed by atoms with Gasteiger partial charge in [-0.3, -0.25) is 0 Å². The van der Waals surface area contributed by atoms with Crippen molar-refractivity contribution in [3.05, 3.63) is 39.4 Å². The van der Waals surface area contributed by atoms with Crippen LogP contribution in [0.4, 0.5) is 0 Å². The Kier molecular flexibility index (Phi) is 5.10. The summed E-state index contributed by atoms with van der Waals surface area (Å²) in [6.07, 6.45) is 4.23. The normalized spacial score (nSPS) is 21.5. The third-order valence-electron chi connectivity index (χ3n) is 4.53. The number of aliphatic hydroxyl groups excluding tert-OH is 1. The van der Waals surface area contributed by atoms with Crippen LogP contribution in [0.25, 0.3) is 6.08 Å². The number of nitrogens with zero attached hydrogens (tertiary/aromatic N) is 1. The summed E-state index contributed by atoms with van der Waals surface area (Å²) in [6.45, 7) is 4.54. The van der Waals surface area contributed by atoms with Crippen LogP contribution in [-0.4, -0.2) is 49.5 Å². The van der Waals surface area contributed by atoms with Crippen LogP contribution in [0.2, 0.25) is 10.0 Å². The predicted molar refractivity (Wildman–Crippen MR) is 90.5 cm³/mol. The quantitative estimate of drug-likeness (QED) is 0.909. The molecular formula is C17H21Cl2NO2. The van der Waals surface area contributed by atoms with Crippen LogP contribution in [0.5, 0.6) is 0 Å². The zero-order chi connectivity index (χ0) is 15.6. The number of rotatable bonds is 4. The highest BCUT2D eigenvalue weighted by molar-refractivity contribution is 6.34. The minimum absolute atomic E-state index is 0.0303. The minimum atomic E-state index is -0.0303. The molecule has 5 heteroatoms. The Balaban J connectivity index is 1.59. The Morgan fingerprint density at radius 1 is 1.23 bits per heavy atom. The van der Waals surface area contributed by atoms with Crippen LogP contribution in [0.1, 0.15) is 18.4 Å². The van der Waals surface area contributed by atoms with Gasteiger partial charge < -0.3 is 14.7 Å². The van der Waals surface area contributed by atoms with Crippen molar-refractivity contribution in [2.24, 2.45) is 5.41 Å². The van der Waals surface area contributed by atoms with Crippen molar-refractivity contribution in [3.8, 4) is 0 Å². The van der Waals surface area contributed by atoms with Crippen LogP contribution in [0.15, 0.2) is 23.8 Å². The van der Waals surface area contributed by atoms with Crippen LogP contribution in [0.3, 0.4) is 0 Å². The van der Waals surface area contributed by atoms with Gasteiger partial charge in [0, 0.05) is 29.7 Å². The van der Waals surface area contributed by atoms with Gasteiger partial charge in [-0.2, -0.15) is 0 Å². The largest absolute Gasteiger partial charge is 0.396 e. The predicted octanol–water partition coefficient (Wildman–Crippen LogP) is 3.48. The van der Waals surface area contributed by atoms with E-state index in [1.54, 1.807) is 0 Å². The Morgan fingerprint density at radius 2 is 1.95 bits per heavy atom. The molecule has 0 saturated carbocycles. The van der Waals surface area contributed by atoms with Gasteiger partial charge in [-0.15, -0.1) is 0 Å². The van der Waals surface area contributed by atoms with Gasteiger partial charge in [0.2, 0.25) is 0 Å². The standard InChI is InChI=1S/C17H21Cl2NO2/c18-15-1-2-16(19)14(8-15)7-13-3-5-20(6-4-13)9-17(10-21)11-22-12-17/h1-2,7-8,21H,3-6,9-12H2. The fourth-order valence-electron chi connectivity index (χ4n) is 3.09. The van der Waals surface area contributed by atoms with Crippen LogP contribution >= 0.6 is 23.2 Å². The van der Waals surface area contributed by atoms with Gasteiger partial charge in [-0.1, -0.05) is 34.9 Å². The van der Waals surface area contributed by atoms with E-state index in [1.807, 2.05) is 18.2 Å². The number of benzene rings is 1. The van der Waals surface area contributed by atoms with Crippen molar-refractivity contribution in [1.29, 1.82) is 0 Å². The SMILES string of the molecule is OCC1(CN2CCC(=Cc3cc(Cl)ccc3Cl)CC2)COC1. The van der Waals surface area contributed by atoms with E-state index in [2.05, 4.69) is 11.0 Å². The van der Waals surface area contributed by atoms with Crippen molar-refractivity contribution in [2.45, 2.75) is 12.8 Å². The lowest BCUT2D eigenvalue weighted by Crippen LogP contribution is -2.54. The van der Waals surface area contributed by atoms with Gasteiger partial charge in [0.1, 0.15) is 0 Å². The third-order valence-corrected chi connectivity index (χ3v) is 5.11. The molecule has 0 bridgehead atoms. The van der Waals surface area contributed by atoms with Gasteiger partial charge in [-0.25, -0.2) is 0 Å². The average Bonchev–Trinajstić information content (AvgIpc) is 2.48. The molecule has 2 aliphatic heterocycles. The first kappa shape index (κ1) is 16.3. The molecule has 0 atom stereocenters. The monoisotopic (exact) mass is 341 g/mol.